The van der Waals surface area contributed by atoms with E-state index in [1.807, 2.05) is 24.3 Å². The molecule has 6 aromatic carbocycles. The van der Waals surface area contributed by atoms with Crippen molar-refractivity contribution in [1.82, 2.24) is 5.32 Å². The van der Waals surface area contributed by atoms with Crippen LogP contribution < -0.4 is 5.32 Å². The van der Waals surface area contributed by atoms with Crippen LogP contribution in [0.2, 0.25) is 0 Å². The Kier molecular flexibility index (Phi) is 6.35. The Labute approximate surface area is 240 Å². The number of hydrogen-bond acceptors (Lipinski definition) is 2. The standard InChI is InChI=1S/C39H28N2/c40-38(31-24-22-28(23-25-31)34-21-11-18-27-12-7-9-19-33(27)34)37(30-15-5-2-6-16-30)39-35-20-10-8-17-32(35)26-36(41-39)29-13-3-1-4-14-29/h1-26,40-41H/b39-37-,40-38?. The van der Waals surface area contributed by atoms with Gasteiger partial charge in [0.1, 0.15) is 0 Å². The Morgan fingerprint density at radius 3 is 1.93 bits per heavy atom. The van der Waals surface area contributed by atoms with Crippen molar-refractivity contribution >= 4 is 39.5 Å². The fourth-order valence-corrected chi connectivity index (χ4v) is 5.67. The van der Waals surface area contributed by atoms with Crippen LogP contribution in [0.25, 0.3) is 44.9 Å². The lowest BCUT2D eigenvalue weighted by molar-refractivity contribution is 1.22. The molecule has 1 heterocycles. The minimum absolute atomic E-state index is 0.479. The number of nitrogens with one attached hydrogen (secondary N) is 2. The van der Waals surface area contributed by atoms with E-state index in [-0.39, 0.29) is 0 Å². The highest BCUT2D eigenvalue weighted by Gasteiger charge is 2.23. The third-order valence-electron chi connectivity index (χ3n) is 7.71. The summed E-state index contributed by atoms with van der Waals surface area (Å²) < 4.78 is 0. The maximum Gasteiger partial charge on any atom is 0.0711 e. The van der Waals surface area contributed by atoms with Gasteiger partial charge in [-0.05, 0) is 44.7 Å². The number of hydrogen-bond donors (Lipinski definition) is 2. The van der Waals surface area contributed by atoms with Gasteiger partial charge in [0.05, 0.1) is 11.4 Å². The van der Waals surface area contributed by atoms with Gasteiger partial charge in [-0.1, -0.05) is 152 Å². The molecule has 0 spiro atoms. The molecular weight excluding hydrogens is 496 g/mol. The van der Waals surface area contributed by atoms with Gasteiger partial charge in [-0.2, -0.15) is 0 Å². The number of fused-ring (bicyclic) bond motifs is 2. The molecule has 2 heteroatoms. The number of allylic oxidation sites excluding steroid dienone is 1. The van der Waals surface area contributed by atoms with Gasteiger partial charge in [0.25, 0.3) is 0 Å². The highest BCUT2D eigenvalue weighted by Crippen LogP contribution is 2.36. The zero-order valence-corrected chi connectivity index (χ0v) is 22.5. The van der Waals surface area contributed by atoms with Crippen molar-refractivity contribution in [3.8, 4) is 11.1 Å². The van der Waals surface area contributed by atoms with Gasteiger partial charge in [0.15, 0.2) is 0 Å². The van der Waals surface area contributed by atoms with Crippen molar-refractivity contribution < 1.29 is 0 Å². The van der Waals surface area contributed by atoms with Gasteiger partial charge in [-0.3, -0.25) is 5.41 Å². The van der Waals surface area contributed by atoms with Crippen LogP contribution >= 0.6 is 0 Å². The largest absolute Gasteiger partial charge is 0.354 e. The molecule has 1 aliphatic heterocycles. The summed E-state index contributed by atoms with van der Waals surface area (Å²) in [6.07, 6.45) is 2.19. The minimum atomic E-state index is 0.479. The molecule has 41 heavy (non-hydrogen) atoms. The summed E-state index contributed by atoms with van der Waals surface area (Å²) in [5.41, 5.74) is 10.9. The molecule has 1 aliphatic rings. The van der Waals surface area contributed by atoms with E-state index >= 15 is 0 Å². The highest BCUT2D eigenvalue weighted by molar-refractivity contribution is 6.36. The Morgan fingerprint density at radius 1 is 0.488 bits per heavy atom. The third-order valence-corrected chi connectivity index (χ3v) is 7.71. The summed E-state index contributed by atoms with van der Waals surface area (Å²) >= 11 is 0. The highest BCUT2D eigenvalue weighted by atomic mass is 14.9. The quantitative estimate of drug-likeness (QED) is 0.216. The van der Waals surface area contributed by atoms with E-state index in [0.29, 0.717) is 5.71 Å². The molecule has 0 saturated heterocycles. The van der Waals surface area contributed by atoms with Crippen molar-refractivity contribution in [3.63, 3.8) is 0 Å². The van der Waals surface area contributed by atoms with Crippen molar-refractivity contribution in [2.75, 3.05) is 0 Å². The van der Waals surface area contributed by atoms with Crippen LogP contribution in [0.5, 0.6) is 0 Å². The van der Waals surface area contributed by atoms with Crippen LogP contribution in [-0.4, -0.2) is 5.71 Å². The molecule has 0 atom stereocenters. The molecule has 0 radical (unpaired) electrons. The lowest BCUT2D eigenvalue weighted by Gasteiger charge is -2.26. The van der Waals surface area contributed by atoms with E-state index in [2.05, 4.69) is 139 Å². The van der Waals surface area contributed by atoms with E-state index in [0.717, 1.165) is 50.3 Å². The van der Waals surface area contributed by atoms with E-state index in [1.165, 1.54) is 16.3 Å². The fourth-order valence-electron chi connectivity index (χ4n) is 5.67. The van der Waals surface area contributed by atoms with Crippen LogP contribution in [0.1, 0.15) is 27.8 Å². The van der Waals surface area contributed by atoms with Gasteiger partial charge in [-0.25, -0.2) is 0 Å². The molecule has 0 unspecified atom stereocenters. The van der Waals surface area contributed by atoms with Gasteiger partial charge in [0, 0.05) is 22.4 Å². The zero-order chi connectivity index (χ0) is 27.6. The van der Waals surface area contributed by atoms with E-state index in [1.54, 1.807) is 0 Å². The topological polar surface area (TPSA) is 35.9 Å². The molecule has 2 nitrogen and oxygen atoms in total. The molecule has 2 N–H and O–H groups in total. The van der Waals surface area contributed by atoms with Crippen molar-refractivity contribution in [1.29, 1.82) is 5.41 Å². The van der Waals surface area contributed by atoms with Crippen LogP contribution in [0.15, 0.2) is 152 Å². The fraction of sp³-hybridized carbons (Fsp3) is 0. The molecule has 0 bridgehead atoms. The summed E-state index contributed by atoms with van der Waals surface area (Å²) in [5, 5.41) is 15.7. The van der Waals surface area contributed by atoms with Gasteiger partial charge in [-0.15, -0.1) is 0 Å². The van der Waals surface area contributed by atoms with Crippen LogP contribution in [0.4, 0.5) is 0 Å². The van der Waals surface area contributed by atoms with Crippen molar-refractivity contribution in [2.45, 2.75) is 0 Å². The number of rotatable bonds is 5. The second kappa shape index (κ2) is 10.6. The molecule has 0 amide bonds. The molecule has 0 saturated carbocycles. The Bertz CT molecular complexity index is 1940. The summed E-state index contributed by atoms with van der Waals surface area (Å²) in [4.78, 5) is 0. The molecule has 0 fully saturated rings. The van der Waals surface area contributed by atoms with E-state index < -0.39 is 0 Å². The summed E-state index contributed by atoms with van der Waals surface area (Å²) in [6, 6.07) is 52.4. The summed E-state index contributed by atoms with van der Waals surface area (Å²) in [7, 11) is 0. The van der Waals surface area contributed by atoms with Crippen LogP contribution in [0, 0.1) is 5.41 Å². The average molecular weight is 525 g/mol. The van der Waals surface area contributed by atoms with Crippen LogP contribution in [0.3, 0.4) is 0 Å². The first kappa shape index (κ1) is 24.6. The van der Waals surface area contributed by atoms with Crippen molar-refractivity contribution in [3.05, 3.63) is 179 Å². The molecule has 6 aromatic rings. The lowest BCUT2D eigenvalue weighted by atomic mass is 9.87. The number of benzene rings is 6. The zero-order valence-electron chi connectivity index (χ0n) is 22.5. The molecule has 7 rings (SSSR count). The van der Waals surface area contributed by atoms with E-state index in [4.69, 9.17) is 0 Å². The maximum atomic E-state index is 9.56. The lowest BCUT2D eigenvalue weighted by Crippen LogP contribution is -2.20. The molecular formula is C39H28N2. The third kappa shape index (κ3) is 4.66. The predicted molar refractivity (Wildman–Crippen MR) is 173 cm³/mol. The van der Waals surface area contributed by atoms with Gasteiger partial charge < -0.3 is 5.32 Å². The monoisotopic (exact) mass is 524 g/mol. The molecule has 194 valence electrons. The summed E-state index contributed by atoms with van der Waals surface area (Å²) in [5.74, 6) is 0. The Morgan fingerprint density at radius 2 is 1.12 bits per heavy atom. The average Bonchev–Trinajstić information content (AvgIpc) is 3.05. The van der Waals surface area contributed by atoms with Gasteiger partial charge >= 0.3 is 0 Å². The maximum absolute atomic E-state index is 9.56. The molecule has 0 aliphatic carbocycles. The Hall–Kier alpha value is -5.47. The SMILES string of the molecule is N=C(/C(=C1\NC(c2ccccc2)=Cc2ccccc21)c1ccccc1)c1ccc(-c2cccc3ccccc23)cc1. The van der Waals surface area contributed by atoms with E-state index in [9.17, 15) is 5.41 Å². The smallest absolute Gasteiger partial charge is 0.0711 e. The first-order valence-corrected chi connectivity index (χ1v) is 13.9. The minimum Gasteiger partial charge on any atom is -0.354 e. The Balaban J connectivity index is 1.36. The first-order valence-electron chi connectivity index (χ1n) is 13.9. The second-order valence-electron chi connectivity index (χ2n) is 10.2. The molecule has 0 aromatic heterocycles. The van der Waals surface area contributed by atoms with Gasteiger partial charge in [0.2, 0.25) is 0 Å². The predicted octanol–water partition coefficient (Wildman–Crippen LogP) is 9.54. The summed E-state index contributed by atoms with van der Waals surface area (Å²) in [6.45, 7) is 0. The van der Waals surface area contributed by atoms with Crippen LogP contribution in [-0.2, 0) is 0 Å². The second-order valence-corrected chi connectivity index (χ2v) is 10.2. The first-order chi connectivity index (χ1) is 20.3. The normalized spacial score (nSPS) is 13.6. The van der Waals surface area contributed by atoms with Crippen molar-refractivity contribution in [2.24, 2.45) is 0 Å².